The highest BCUT2D eigenvalue weighted by Crippen LogP contribution is 2.49. The fourth-order valence-corrected chi connectivity index (χ4v) is 6.66. The van der Waals surface area contributed by atoms with Crippen LogP contribution in [0.1, 0.15) is 28.8 Å². The van der Waals surface area contributed by atoms with Crippen molar-refractivity contribution in [3.63, 3.8) is 0 Å². The van der Waals surface area contributed by atoms with Gasteiger partial charge in [-0.1, -0.05) is 64.5 Å². The largest absolute Gasteiger partial charge is 0.508 e. The molecule has 2 N–H and O–H groups in total. The summed E-state index contributed by atoms with van der Waals surface area (Å²) in [6.45, 7) is 3.30. The van der Waals surface area contributed by atoms with Gasteiger partial charge in [-0.25, -0.2) is 0 Å². The lowest BCUT2D eigenvalue weighted by molar-refractivity contribution is 0.0822. The number of likely N-dealkylation sites (tertiary alicyclic amines) is 1. The van der Waals surface area contributed by atoms with E-state index in [1.807, 2.05) is 12.1 Å². The number of nitrogens with zero attached hydrogens (tertiary/aromatic N) is 1. The van der Waals surface area contributed by atoms with Crippen LogP contribution in [0.25, 0.3) is 10.9 Å². The zero-order chi connectivity index (χ0) is 22.4. The fraction of sp³-hybridized carbons (Fsp3) is 0.310. The van der Waals surface area contributed by atoms with Crippen LogP contribution in [0.2, 0.25) is 0 Å². The van der Waals surface area contributed by atoms with E-state index >= 15 is 0 Å². The van der Waals surface area contributed by atoms with E-state index in [0.717, 1.165) is 49.8 Å². The van der Waals surface area contributed by atoms with E-state index in [0.29, 0.717) is 11.7 Å². The number of aromatic nitrogens is 1. The lowest BCUT2D eigenvalue weighted by atomic mass is 9.58. The van der Waals surface area contributed by atoms with Crippen molar-refractivity contribution >= 4 is 26.8 Å². The molecule has 2 unspecified atom stereocenters. The molecule has 1 saturated heterocycles. The van der Waals surface area contributed by atoms with Crippen molar-refractivity contribution in [1.82, 2.24) is 9.88 Å². The van der Waals surface area contributed by atoms with Crippen LogP contribution in [-0.2, 0) is 24.7 Å². The van der Waals surface area contributed by atoms with Crippen molar-refractivity contribution in [2.75, 3.05) is 19.6 Å². The standard InChI is InChI=1S/C29H29BrN2O/c30-23-9-10-25-26-16-22-19-32(13-11-20-5-2-1-3-6-20)14-12-29(22,18-28(26)31-27(25)17-23)21-7-4-8-24(33)15-21/h1-10,15,17,22,31,33H,11-14,16,18-19H2. The topological polar surface area (TPSA) is 39.3 Å². The predicted molar refractivity (Wildman–Crippen MR) is 138 cm³/mol. The number of nitrogens with one attached hydrogen (secondary N) is 1. The molecular formula is C29H29BrN2O. The predicted octanol–water partition coefficient (Wildman–Crippen LogP) is 6.24. The molecule has 1 aromatic heterocycles. The molecule has 1 fully saturated rings. The number of H-pyrrole nitrogens is 1. The number of phenols is 1. The first-order chi connectivity index (χ1) is 16.1. The summed E-state index contributed by atoms with van der Waals surface area (Å²) in [4.78, 5) is 6.41. The van der Waals surface area contributed by atoms with Gasteiger partial charge in [-0.05, 0) is 79.1 Å². The molecule has 4 heteroatoms. The number of hydrogen-bond donors (Lipinski definition) is 2. The van der Waals surface area contributed by atoms with Gasteiger partial charge in [-0.15, -0.1) is 0 Å². The third kappa shape index (κ3) is 3.79. The van der Waals surface area contributed by atoms with Crippen molar-refractivity contribution in [2.45, 2.75) is 31.1 Å². The van der Waals surface area contributed by atoms with Crippen LogP contribution in [0.5, 0.6) is 5.75 Å². The normalized spacial score (nSPS) is 22.8. The van der Waals surface area contributed by atoms with E-state index in [-0.39, 0.29) is 5.41 Å². The minimum absolute atomic E-state index is 0.0626. The van der Waals surface area contributed by atoms with Gasteiger partial charge < -0.3 is 15.0 Å². The Kier molecular flexibility index (Phi) is 5.31. The van der Waals surface area contributed by atoms with Gasteiger partial charge in [0.05, 0.1) is 0 Å². The van der Waals surface area contributed by atoms with Crippen molar-refractivity contribution in [2.24, 2.45) is 5.92 Å². The van der Waals surface area contributed by atoms with Gasteiger partial charge in [-0.3, -0.25) is 0 Å². The number of fused-ring (bicyclic) bond motifs is 4. The summed E-state index contributed by atoms with van der Waals surface area (Å²) in [6.07, 6.45) is 4.30. The first-order valence-electron chi connectivity index (χ1n) is 12.0. The number of phenolic OH excluding ortho intramolecular Hbond substituents is 1. The van der Waals surface area contributed by atoms with Crippen LogP contribution in [0.15, 0.2) is 77.3 Å². The Morgan fingerprint density at radius 3 is 2.76 bits per heavy atom. The molecule has 0 amide bonds. The molecule has 1 aliphatic carbocycles. The third-order valence-corrected chi connectivity index (χ3v) is 8.51. The Labute approximate surface area is 203 Å². The van der Waals surface area contributed by atoms with Crippen molar-refractivity contribution < 1.29 is 5.11 Å². The summed E-state index contributed by atoms with van der Waals surface area (Å²) >= 11 is 3.63. The summed E-state index contributed by atoms with van der Waals surface area (Å²) in [5.74, 6) is 0.900. The van der Waals surface area contributed by atoms with Crippen LogP contribution in [0.3, 0.4) is 0 Å². The van der Waals surface area contributed by atoms with E-state index in [4.69, 9.17) is 0 Å². The second-order valence-corrected chi connectivity index (χ2v) is 10.8. The number of rotatable bonds is 4. The SMILES string of the molecule is Oc1cccc(C23CCN(CCc4ccccc4)CC2Cc2c([nH]c4cc(Br)ccc24)C3)c1. The van der Waals surface area contributed by atoms with E-state index < -0.39 is 0 Å². The Hall–Kier alpha value is -2.56. The second kappa shape index (κ2) is 8.34. The van der Waals surface area contributed by atoms with Crippen LogP contribution in [0.4, 0.5) is 0 Å². The summed E-state index contributed by atoms with van der Waals surface area (Å²) < 4.78 is 1.11. The summed E-state index contributed by atoms with van der Waals surface area (Å²) in [5.41, 5.74) is 6.85. The van der Waals surface area contributed by atoms with Crippen LogP contribution < -0.4 is 0 Å². The van der Waals surface area contributed by atoms with Crippen molar-refractivity contribution in [3.8, 4) is 5.75 Å². The minimum Gasteiger partial charge on any atom is -0.508 e. The third-order valence-electron chi connectivity index (χ3n) is 8.01. The number of hydrogen-bond acceptors (Lipinski definition) is 2. The maximum atomic E-state index is 10.3. The average Bonchev–Trinajstić information content (AvgIpc) is 3.17. The molecule has 168 valence electrons. The van der Waals surface area contributed by atoms with Crippen LogP contribution >= 0.6 is 15.9 Å². The monoisotopic (exact) mass is 500 g/mol. The molecule has 0 radical (unpaired) electrons. The smallest absolute Gasteiger partial charge is 0.115 e. The first kappa shape index (κ1) is 21.0. The van der Waals surface area contributed by atoms with E-state index in [1.165, 1.54) is 33.3 Å². The molecule has 2 heterocycles. The number of aromatic hydroxyl groups is 1. The zero-order valence-corrected chi connectivity index (χ0v) is 20.3. The summed E-state index contributed by atoms with van der Waals surface area (Å²) in [7, 11) is 0. The van der Waals surface area contributed by atoms with Gasteiger partial charge >= 0.3 is 0 Å². The van der Waals surface area contributed by atoms with Gasteiger partial charge in [0.15, 0.2) is 0 Å². The average molecular weight is 501 g/mol. The van der Waals surface area contributed by atoms with E-state index in [1.54, 1.807) is 6.07 Å². The minimum atomic E-state index is 0.0626. The zero-order valence-electron chi connectivity index (χ0n) is 18.7. The van der Waals surface area contributed by atoms with Crippen molar-refractivity contribution in [1.29, 1.82) is 0 Å². The van der Waals surface area contributed by atoms with Crippen LogP contribution in [0, 0.1) is 5.92 Å². The molecule has 3 aromatic carbocycles. The molecule has 3 nitrogen and oxygen atoms in total. The highest BCUT2D eigenvalue weighted by atomic mass is 79.9. The molecule has 6 rings (SSSR count). The van der Waals surface area contributed by atoms with Gasteiger partial charge in [0.25, 0.3) is 0 Å². The molecule has 0 saturated carbocycles. The fourth-order valence-electron chi connectivity index (χ4n) is 6.29. The maximum absolute atomic E-state index is 10.3. The maximum Gasteiger partial charge on any atom is 0.115 e. The van der Waals surface area contributed by atoms with Crippen LogP contribution in [-0.4, -0.2) is 34.6 Å². The number of piperidine rings is 1. The van der Waals surface area contributed by atoms with Gasteiger partial charge in [0, 0.05) is 39.6 Å². The molecule has 1 aliphatic heterocycles. The lowest BCUT2D eigenvalue weighted by Gasteiger charge is -2.51. The Bertz CT molecular complexity index is 1300. The molecule has 33 heavy (non-hydrogen) atoms. The molecule has 0 bridgehead atoms. The molecular weight excluding hydrogens is 472 g/mol. The lowest BCUT2D eigenvalue weighted by Crippen LogP contribution is -2.54. The number of aromatic amines is 1. The molecule has 4 aromatic rings. The van der Waals surface area contributed by atoms with Gasteiger partial charge in [-0.2, -0.15) is 0 Å². The Morgan fingerprint density at radius 1 is 1.03 bits per heavy atom. The summed E-state index contributed by atoms with van der Waals surface area (Å²) in [6, 6.07) is 25.5. The molecule has 2 aliphatic rings. The number of benzene rings is 3. The Balaban J connectivity index is 1.35. The molecule has 2 atom stereocenters. The van der Waals surface area contributed by atoms with Crippen molar-refractivity contribution in [3.05, 3.63) is 99.7 Å². The van der Waals surface area contributed by atoms with Gasteiger partial charge in [0.2, 0.25) is 0 Å². The quantitative estimate of drug-likeness (QED) is 0.348. The van der Waals surface area contributed by atoms with E-state index in [2.05, 4.69) is 80.4 Å². The summed E-state index contributed by atoms with van der Waals surface area (Å²) in [5, 5.41) is 11.7. The Morgan fingerprint density at radius 2 is 1.91 bits per heavy atom. The highest BCUT2D eigenvalue weighted by Gasteiger charge is 2.48. The second-order valence-electron chi connectivity index (χ2n) is 9.84. The highest BCUT2D eigenvalue weighted by molar-refractivity contribution is 9.10. The van der Waals surface area contributed by atoms with Gasteiger partial charge in [0.1, 0.15) is 5.75 Å². The molecule has 0 spiro atoms. The van der Waals surface area contributed by atoms with E-state index in [9.17, 15) is 5.11 Å². The number of halogens is 1. The first-order valence-corrected chi connectivity index (χ1v) is 12.7.